The molecule has 3 aromatic rings. The van der Waals surface area contributed by atoms with E-state index in [2.05, 4.69) is 26.4 Å². The van der Waals surface area contributed by atoms with E-state index in [0.717, 1.165) is 37.9 Å². The number of aromatic amines is 1. The SMILES string of the molecule is Cc1ccc(NS(=O)(=O)c2cccc(C(=O)NCCC3CCNCC3)c2)c2[nH]cc(C#N)c12. The lowest BCUT2D eigenvalue weighted by atomic mass is 9.95. The molecule has 0 radical (unpaired) electrons. The molecule has 1 aliphatic heterocycles. The van der Waals surface area contributed by atoms with Gasteiger partial charge < -0.3 is 15.6 Å². The number of rotatable bonds is 7. The molecule has 0 aliphatic carbocycles. The second kappa shape index (κ2) is 9.65. The quantitative estimate of drug-likeness (QED) is 0.426. The van der Waals surface area contributed by atoms with Crippen LogP contribution < -0.4 is 15.4 Å². The van der Waals surface area contributed by atoms with Crippen molar-refractivity contribution in [3.8, 4) is 6.07 Å². The van der Waals surface area contributed by atoms with Gasteiger partial charge >= 0.3 is 0 Å². The Morgan fingerprint density at radius 1 is 1.21 bits per heavy atom. The van der Waals surface area contributed by atoms with Crippen LogP contribution in [0.3, 0.4) is 0 Å². The number of amides is 1. The molecule has 2 aromatic carbocycles. The van der Waals surface area contributed by atoms with E-state index in [4.69, 9.17) is 0 Å². The van der Waals surface area contributed by atoms with Crippen molar-refractivity contribution in [3.05, 3.63) is 59.3 Å². The first-order valence-corrected chi connectivity index (χ1v) is 12.5. The molecule has 1 aliphatic rings. The molecule has 2 heterocycles. The Morgan fingerprint density at radius 3 is 2.76 bits per heavy atom. The molecular weight excluding hydrogens is 438 g/mol. The number of nitriles is 1. The van der Waals surface area contributed by atoms with E-state index in [1.807, 2.05) is 6.92 Å². The van der Waals surface area contributed by atoms with E-state index < -0.39 is 10.0 Å². The van der Waals surface area contributed by atoms with Gasteiger partial charge in [-0.1, -0.05) is 12.1 Å². The van der Waals surface area contributed by atoms with Gasteiger partial charge in [-0.25, -0.2) is 8.42 Å². The monoisotopic (exact) mass is 465 g/mol. The number of anilines is 1. The molecule has 4 rings (SSSR count). The summed E-state index contributed by atoms with van der Waals surface area (Å²) in [4.78, 5) is 15.6. The highest BCUT2D eigenvalue weighted by atomic mass is 32.2. The molecule has 0 spiro atoms. The van der Waals surface area contributed by atoms with Crippen molar-refractivity contribution in [2.45, 2.75) is 31.1 Å². The van der Waals surface area contributed by atoms with E-state index in [1.165, 1.54) is 12.1 Å². The number of piperidine rings is 1. The Labute approximate surface area is 193 Å². The molecule has 9 heteroatoms. The van der Waals surface area contributed by atoms with Gasteiger partial charge in [0.25, 0.3) is 15.9 Å². The fourth-order valence-electron chi connectivity index (χ4n) is 4.26. The fraction of sp³-hybridized carbons (Fsp3) is 0.333. The van der Waals surface area contributed by atoms with Gasteiger partial charge in [-0.2, -0.15) is 5.26 Å². The molecule has 0 saturated carbocycles. The van der Waals surface area contributed by atoms with Gasteiger partial charge in [0.15, 0.2) is 0 Å². The number of hydrogen-bond donors (Lipinski definition) is 4. The lowest BCUT2D eigenvalue weighted by molar-refractivity contribution is 0.0950. The van der Waals surface area contributed by atoms with Crippen LogP contribution in [0, 0.1) is 24.2 Å². The smallest absolute Gasteiger partial charge is 0.261 e. The second-order valence-electron chi connectivity index (χ2n) is 8.37. The Balaban J connectivity index is 1.49. The van der Waals surface area contributed by atoms with Gasteiger partial charge in [-0.3, -0.25) is 9.52 Å². The van der Waals surface area contributed by atoms with E-state index in [0.29, 0.717) is 40.2 Å². The van der Waals surface area contributed by atoms with Gasteiger partial charge in [0.05, 0.1) is 21.7 Å². The minimum atomic E-state index is -3.95. The number of nitrogens with one attached hydrogen (secondary N) is 4. The zero-order valence-electron chi connectivity index (χ0n) is 18.4. The summed E-state index contributed by atoms with van der Waals surface area (Å²) < 4.78 is 28.7. The van der Waals surface area contributed by atoms with Crippen molar-refractivity contribution < 1.29 is 13.2 Å². The maximum absolute atomic E-state index is 13.1. The molecule has 4 N–H and O–H groups in total. The van der Waals surface area contributed by atoms with Crippen molar-refractivity contribution in [2.75, 3.05) is 24.4 Å². The number of aryl methyl sites for hydroxylation is 1. The van der Waals surface area contributed by atoms with E-state index in [-0.39, 0.29) is 10.8 Å². The maximum atomic E-state index is 13.1. The summed E-state index contributed by atoms with van der Waals surface area (Å²) in [6, 6.07) is 11.5. The summed E-state index contributed by atoms with van der Waals surface area (Å²) in [5.74, 6) is 0.310. The second-order valence-corrected chi connectivity index (χ2v) is 10.0. The lowest BCUT2D eigenvalue weighted by Crippen LogP contribution is -2.31. The lowest BCUT2D eigenvalue weighted by Gasteiger charge is -2.22. The molecule has 0 unspecified atom stereocenters. The number of hydrogen-bond acceptors (Lipinski definition) is 5. The number of fused-ring (bicyclic) bond motifs is 1. The van der Waals surface area contributed by atoms with E-state index in [9.17, 15) is 18.5 Å². The summed E-state index contributed by atoms with van der Waals surface area (Å²) >= 11 is 0. The van der Waals surface area contributed by atoms with Crippen molar-refractivity contribution >= 4 is 32.5 Å². The Morgan fingerprint density at radius 2 is 2.00 bits per heavy atom. The van der Waals surface area contributed by atoms with Crippen molar-refractivity contribution in [2.24, 2.45) is 5.92 Å². The van der Waals surface area contributed by atoms with Crippen LogP contribution in [-0.4, -0.2) is 38.9 Å². The Bertz CT molecular complexity index is 1320. The third-order valence-electron chi connectivity index (χ3n) is 6.11. The molecule has 1 aromatic heterocycles. The molecule has 1 saturated heterocycles. The Hall–Kier alpha value is -3.35. The molecule has 1 fully saturated rings. The van der Waals surface area contributed by atoms with Gasteiger partial charge in [-0.05, 0) is 75.0 Å². The number of carbonyl (C=O) groups is 1. The summed E-state index contributed by atoms with van der Waals surface area (Å²) in [6.45, 7) is 4.45. The van der Waals surface area contributed by atoms with E-state index in [1.54, 1.807) is 30.5 Å². The van der Waals surface area contributed by atoms with Gasteiger partial charge in [-0.15, -0.1) is 0 Å². The first-order chi connectivity index (χ1) is 15.9. The third kappa shape index (κ3) is 5.02. The third-order valence-corrected chi connectivity index (χ3v) is 7.48. The highest BCUT2D eigenvalue weighted by molar-refractivity contribution is 7.92. The number of benzene rings is 2. The summed E-state index contributed by atoms with van der Waals surface area (Å²) in [5.41, 5.74) is 2.50. The number of nitrogens with zero attached hydrogens (tertiary/aromatic N) is 1. The predicted molar refractivity (Wildman–Crippen MR) is 128 cm³/mol. The van der Waals surface area contributed by atoms with Crippen molar-refractivity contribution in [3.63, 3.8) is 0 Å². The number of carbonyl (C=O) groups excluding carboxylic acids is 1. The number of H-pyrrole nitrogens is 1. The molecule has 33 heavy (non-hydrogen) atoms. The molecular formula is C24H27N5O3S. The zero-order chi connectivity index (χ0) is 23.4. The zero-order valence-corrected chi connectivity index (χ0v) is 19.3. The van der Waals surface area contributed by atoms with Gasteiger partial charge in [0.2, 0.25) is 0 Å². The predicted octanol–water partition coefficient (Wildman–Crippen LogP) is 3.27. The van der Waals surface area contributed by atoms with Crippen LogP contribution in [0.5, 0.6) is 0 Å². The standard InChI is InChI=1S/C24H27N5O3S/c1-16-5-6-21(23-22(16)19(14-25)15-28-23)29-33(31,32)20-4-2-3-18(13-20)24(30)27-12-9-17-7-10-26-11-8-17/h2-6,13,15,17,26,28-29H,7-12H2,1H3,(H,27,30). The van der Waals surface area contributed by atoms with Gasteiger partial charge in [0.1, 0.15) is 6.07 Å². The highest BCUT2D eigenvalue weighted by Gasteiger charge is 2.20. The molecule has 0 bridgehead atoms. The average molecular weight is 466 g/mol. The molecule has 8 nitrogen and oxygen atoms in total. The van der Waals surface area contributed by atoms with Crippen LogP contribution >= 0.6 is 0 Å². The Kier molecular flexibility index (Phi) is 6.67. The topological polar surface area (TPSA) is 127 Å². The largest absolute Gasteiger partial charge is 0.358 e. The van der Waals surface area contributed by atoms with E-state index >= 15 is 0 Å². The first kappa shape index (κ1) is 22.8. The summed E-state index contributed by atoms with van der Waals surface area (Å²) in [6.07, 6.45) is 4.69. The highest BCUT2D eigenvalue weighted by Crippen LogP contribution is 2.30. The first-order valence-electron chi connectivity index (χ1n) is 11.0. The van der Waals surface area contributed by atoms with Crippen molar-refractivity contribution in [1.29, 1.82) is 5.26 Å². The van der Waals surface area contributed by atoms with Crippen LogP contribution in [0.25, 0.3) is 10.9 Å². The summed E-state index contributed by atoms with van der Waals surface area (Å²) in [5, 5.41) is 16.2. The van der Waals surface area contributed by atoms with Crippen LogP contribution in [0.2, 0.25) is 0 Å². The maximum Gasteiger partial charge on any atom is 0.261 e. The van der Waals surface area contributed by atoms with Crippen LogP contribution in [0.15, 0.2) is 47.5 Å². The minimum Gasteiger partial charge on any atom is -0.358 e. The minimum absolute atomic E-state index is 0.00528. The molecule has 1 amide bonds. The summed E-state index contributed by atoms with van der Waals surface area (Å²) in [7, 11) is -3.95. The normalized spacial score (nSPS) is 14.7. The number of sulfonamides is 1. The van der Waals surface area contributed by atoms with Crippen LogP contribution in [-0.2, 0) is 10.0 Å². The van der Waals surface area contributed by atoms with Crippen LogP contribution in [0.1, 0.15) is 40.7 Å². The molecule has 0 atom stereocenters. The number of aromatic nitrogens is 1. The average Bonchev–Trinajstić information content (AvgIpc) is 3.27. The van der Waals surface area contributed by atoms with Crippen LogP contribution in [0.4, 0.5) is 5.69 Å². The van der Waals surface area contributed by atoms with Gasteiger partial charge in [0, 0.05) is 23.7 Å². The fourth-order valence-corrected chi connectivity index (χ4v) is 5.38. The molecule has 172 valence electrons. The van der Waals surface area contributed by atoms with Crippen molar-refractivity contribution in [1.82, 2.24) is 15.6 Å².